The van der Waals surface area contributed by atoms with E-state index in [-0.39, 0.29) is 23.6 Å². The molecule has 1 aliphatic heterocycles. The molecule has 7 heteroatoms. The van der Waals surface area contributed by atoms with Crippen molar-refractivity contribution in [2.45, 2.75) is 19.1 Å². The van der Waals surface area contributed by atoms with Gasteiger partial charge in [-0.3, -0.25) is 4.79 Å². The zero-order valence-corrected chi connectivity index (χ0v) is 11.9. The van der Waals surface area contributed by atoms with E-state index in [1.165, 1.54) is 12.4 Å². The highest BCUT2D eigenvalue weighted by Crippen LogP contribution is 2.18. The van der Waals surface area contributed by atoms with Gasteiger partial charge in [0.25, 0.3) is 5.88 Å². The number of hydrogen-bond acceptors (Lipinski definition) is 5. The fourth-order valence-electron chi connectivity index (χ4n) is 2.43. The molecule has 0 radical (unpaired) electrons. The van der Waals surface area contributed by atoms with E-state index in [9.17, 15) is 4.79 Å². The standard InChI is InChI=1S/C15H15N5O2/c16-9-13-15(18-5-4-17-13)22-12-3-8-20(10-12)14(21)11-19-6-1-2-7-19/h1-2,4-7,12H,3,8,10-11H2. The predicted molar refractivity (Wildman–Crippen MR) is 76.8 cm³/mol. The molecule has 0 bridgehead atoms. The van der Waals surface area contributed by atoms with Crippen molar-refractivity contribution in [3.05, 3.63) is 42.6 Å². The van der Waals surface area contributed by atoms with E-state index >= 15 is 0 Å². The minimum absolute atomic E-state index is 0.0574. The van der Waals surface area contributed by atoms with Crippen LogP contribution in [0.4, 0.5) is 0 Å². The number of carbonyl (C=O) groups is 1. The van der Waals surface area contributed by atoms with Crippen LogP contribution >= 0.6 is 0 Å². The highest BCUT2D eigenvalue weighted by Gasteiger charge is 2.28. The van der Waals surface area contributed by atoms with Crippen molar-refractivity contribution >= 4 is 5.91 Å². The quantitative estimate of drug-likeness (QED) is 0.834. The minimum Gasteiger partial charge on any atom is -0.470 e. The summed E-state index contributed by atoms with van der Waals surface area (Å²) in [6.45, 7) is 1.47. The third-order valence-electron chi connectivity index (χ3n) is 3.53. The van der Waals surface area contributed by atoms with Gasteiger partial charge < -0.3 is 14.2 Å². The monoisotopic (exact) mass is 297 g/mol. The Labute approximate surface area is 127 Å². The molecule has 7 nitrogen and oxygen atoms in total. The Bertz CT molecular complexity index is 692. The fraction of sp³-hybridized carbons (Fsp3) is 0.333. The van der Waals surface area contributed by atoms with Gasteiger partial charge in [-0.25, -0.2) is 9.97 Å². The molecule has 1 amide bonds. The fourth-order valence-corrected chi connectivity index (χ4v) is 2.43. The summed E-state index contributed by atoms with van der Waals surface area (Å²) in [5.74, 6) is 0.289. The molecule has 1 saturated heterocycles. The van der Waals surface area contributed by atoms with Gasteiger partial charge in [-0.05, 0) is 12.1 Å². The first-order valence-electron chi connectivity index (χ1n) is 7.02. The van der Waals surface area contributed by atoms with Gasteiger partial charge in [-0.2, -0.15) is 5.26 Å². The van der Waals surface area contributed by atoms with Gasteiger partial charge in [0.05, 0.1) is 6.54 Å². The highest BCUT2D eigenvalue weighted by atomic mass is 16.5. The maximum Gasteiger partial charge on any atom is 0.251 e. The lowest BCUT2D eigenvalue weighted by atomic mass is 10.3. The van der Waals surface area contributed by atoms with E-state index in [1.807, 2.05) is 35.2 Å². The highest BCUT2D eigenvalue weighted by molar-refractivity contribution is 5.76. The summed E-state index contributed by atoms with van der Waals surface area (Å²) in [6.07, 6.45) is 7.23. The third-order valence-corrected chi connectivity index (χ3v) is 3.53. The molecule has 3 rings (SSSR count). The number of nitrogens with zero attached hydrogens (tertiary/aromatic N) is 5. The molecule has 3 heterocycles. The Morgan fingerprint density at radius 1 is 1.36 bits per heavy atom. The average molecular weight is 297 g/mol. The van der Waals surface area contributed by atoms with E-state index in [4.69, 9.17) is 10.00 Å². The first-order chi connectivity index (χ1) is 10.8. The van der Waals surface area contributed by atoms with Gasteiger partial charge in [0, 0.05) is 37.8 Å². The largest absolute Gasteiger partial charge is 0.470 e. The lowest BCUT2D eigenvalue weighted by molar-refractivity contribution is -0.131. The molecule has 1 aliphatic rings. The van der Waals surface area contributed by atoms with Crippen LogP contribution in [0, 0.1) is 11.3 Å². The first-order valence-corrected chi connectivity index (χ1v) is 7.02. The summed E-state index contributed by atoms with van der Waals surface area (Å²) in [5, 5.41) is 8.98. The zero-order chi connectivity index (χ0) is 15.4. The molecule has 2 aromatic heterocycles. The molecule has 1 atom stereocenters. The van der Waals surface area contributed by atoms with Crippen LogP contribution in [-0.4, -0.2) is 44.5 Å². The van der Waals surface area contributed by atoms with E-state index in [1.54, 1.807) is 4.90 Å². The van der Waals surface area contributed by atoms with Crippen molar-refractivity contribution < 1.29 is 9.53 Å². The number of hydrogen-bond donors (Lipinski definition) is 0. The third kappa shape index (κ3) is 3.06. The molecular weight excluding hydrogens is 282 g/mol. The van der Waals surface area contributed by atoms with Gasteiger partial charge in [-0.15, -0.1) is 0 Å². The van der Waals surface area contributed by atoms with Gasteiger partial charge in [-0.1, -0.05) is 0 Å². The van der Waals surface area contributed by atoms with Crippen LogP contribution in [0.3, 0.4) is 0 Å². The molecule has 22 heavy (non-hydrogen) atoms. The SMILES string of the molecule is N#Cc1nccnc1OC1CCN(C(=O)Cn2cccc2)C1. The number of likely N-dealkylation sites (tertiary alicyclic amines) is 1. The topological polar surface area (TPSA) is 84.0 Å². The molecule has 1 fully saturated rings. The molecule has 0 spiro atoms. The van der Waals surface area contributed by atoms with Crippen molar-refractivity contribution in [3.63, 3.8) is 0 Å². The van der Waals surface area contributed by atoms with Crippen molar-refractivity contribution in [1.82, 2.24) is 19.4 Å². The Hall–Kier alpha value is -2.88. The van der Waals surface area contributed by atoms with Gasteiger partial charge in [0.2, 0.25) is 11.6 Å². The maximum atomic E-state index is 12.2. The summed E-state index contributed by atoms with van der Waals surface area (Å²) in [7, 11) is 0. The molecular formula is C15H15N5O2. The molecule has 1 unspecified atom stereocenters. The summed E-state index contributed by atoms with van der Waals surface area (Å²) in [5.41, 5.74) is 0.166. The van der Waals surface area contributed by atoms with E-state index in [0.29, 0.717) is 19.6 Å². The second-order valence-electron chi connectivity index (χ2n) is 5.05. The predicted octanol–water partition coefficient (Wildman–Crippen LogP) is 0.830. The van der Waals surface area contributed by atoms with Crippen LogP contribution in [0.15, 0.2) is 36.9 Å². The summed E-state index contributed by atoms with van der Waals surface area (Å²) in [6, 6.07) is 5.73. The van der Waals surface area contributed by atoms with Crippen LogP contribution in [0.1, 0.15) is 12.1 Å². The zero-order valence-electron chi connectivity index (χ0n) is 11.9. The molecule has 112 valence electrons. The molecule has 2 aromatic rings. The minimum atomic E-state index is -0.155. The Morgan fingerprint density at radius 3 is 2.91 bits per heavy atom. The molecule has 0 saturated carbocycles. The van der Waals surface area contributed by atoms with E-state index in [2.05, 4.69) is 9.97 Å². The second-order valence-corrected chi connectivity index (χ2v) is 5.05. The van der Waals surface area contributed by atoms with Crippen LogP contribution in [0.2, 0.25) is 0 Å². The number of carbonyl (C=O) groups excluding carboxylic acids is 1. The van der Waals surface area contributed by atoms with Crippen LogP contribution in [0.5, 0.6) is 5.88 Å². The van der Waals surface area contributed by atoms with Crippen molar-refractivity contribution in [3.8, 4) is 11.9 Å². The smallest absolute Gasteiger partial charge is 0.251 e. The Morgan fingerprint density at radius 2 is 2.14 bits per heavy atom. The van der Waals surface area contributed by atoms with Crippen molar-refractivity contribution in [2.75, 3.05) is 13.1 Å². The van der Waals surface area contributed by atoms with Crippen LogP contribution in [0.25, 0.3) is 0 Å². The van der Waals surface area contributed by atoms with Gasteiger partial charge >= 0.3 is 0 Å². The first kappa shape index (κ1) is 14.1. The molecule has 0 aromatic carbocycles. The summed E-state index contributed by atoms with van der Waals surface area (Å²) >= 11 is 0. The van der Waals surface area contributed by atoms with E-state index in [0.717, 1.165) is 6.42 Å². The molecule has 0 N–H and O–H groups in total. The van der Waals surface area contributed by atoms with Crippen molar-refractivity contribution in [2.24, 2.45) is 0 Å². The lowest BCUT2D eigenvalue weighted by Crippen LogP contribution is -2.33. The van der Waals surface area contributed by atoms with Gasteiger partial charge in [0.1, 0.15) is 18.7 Å². The van der Waals surface area contributed by atoms with Gasteiger partial charge in [0.15, 0.2) is 0 Å². The second kappa shape index (κ2) is 6.26. The summed E-state index contributed by atoms with van der Waals surface area (Å²) in [4.78, 5) is 21.9. The lowest BCUT2D eigenvalue weighted by Gasteiger charge is -2.17. The Kier molecular flexibility index (Phi) is 4.01. The number of amides is 1. The maximum absolute atomic E-state index is 12.2. The Balaban J connectivity index is 1.58. The number of nitriles is 1. The van der Waals surface area contributed by atoms with Crippen molar-refractivity contribution in [1.29, 1.82) is 5.26 Å². The summed E-state index contributed by atoms with van der Waals surface area (Å²) < 4.78 is 7.56. The van der Waals surface area contributed by atoms with E-state index < -0.39 is 0 Å². The number of aromatic nitrogens is 3. The van der Waals surface area contributed by atoms with Crippen LogP contribution in [-0.2, 0) is 11.3 Å². The number of rotatable bonds is 4. The number of ether oxygens (including phenoxy) is 1. The van der Waals surface area contributed by atoms with Crippen LogP contribution < -0.4 is 4.74 Å². The average Bonchev–Trinajstić information content (AvgIpc) is 3.19. The normalized spacial score (nSPS) is 17.2. The molecule has 0 aliphatic carbocycles.